The molecule has 0 aliphatic heterocycles. The van der Waals surface area contributed by atoms with E-state index in [1.807, 2.05) is 0 Å². The molecule has 182 valence electrons. The topological polar surface area (TPSA) is 56.2 Å². The van der Waals surface area contributed by atoms with Crippen LogP contribution in [0, 0.1) is 23.3 Å². The highest BCUT2D eigenvalue weighted by molar-refractivity contribution is 6.04. The lowest BCUT2D eigenvalue weighted by Crippen LogP contribution is -2.32. The predicted molar refractivity (Wildman–Crippen MR) is 103 cm³/mol. The highest BCUT2D eigenvalue weighted by Gasteiger charge is 2.40. The highest BCUT2D eigenvalue weighted by Crippen LogP contribution is 2.24. The molecule has 0 aliphatic rings. The zero-order chi connectivity index (χ0) is 25.0. The monoisotopic (exact) mass is 493 g/mol. The molecule has 0 saturated carbocycles. The summed E-state index contributed by atoms with van der Waals surface area (Å²) < 4.78 is 110. The minimum Gasteiger partial charge on any atom is -0.370 e. The average molecular weight is 493 g/mol. The van der Waals surface area contributed by atoms with Crippen molar-refractivity contribution in [2.45, 2.75) is 25.5 Å². The summed E-state index contributed by atoms with van der Waals surface area (Å²) in [5.74, 6) is -11.5. The van der Waals surface area contributed by atoms with Gasteiger partial charge in [-0.05, 0) is 17.7 Å². The summed E-state index contributed by atoms with van der Waals surface area (Å²) in [6, 6.07) is 5.71. The van der Waals surface area contributed by atoms with Gasteiger partial charge in [0.2, 0.25) is 0 Å². The van der Waals surface area contributed by atoms with Gasteiger partial charge in [0.1, 0.15) is 12.4 Å². The molecule has 1 heterocycles. The number of carbonyl (C=O) groups is 1. The maximum atomic E-state index is 13.8. The summed E-state index contributed by atoms with van der Waals surface area (Å²) in [5.41, 5.74) is -0.360. The minimum absolute atomic E-state index is 0.0622. The van der Waals surface area contributed by atoms with Crippen LogP contribution >= 0.6 is 0 Å². The van der Waals surface area contributed by atoms with Crippen LogP contribution in [0.5, 0.6) is 0 Å². The van der Waals surface area contributed by atoms with Gasteiger partial charge >= 0.3 is 12.3 Å². The zero-order valence-electron chi connectivity index (χ0n) is 17.0. The Bertz CT molecular complexity index is 1180. The molecule has 13 heteroatoms. The fourth-order valence-electron chi connectivity index (χ4n) is 2.80. The molecule has 3 rings (SSSR count). The molecule has 1 N–H and O–H groups in total. The molecule has 0 fully saturated rings. The number of nitrogens with zero attached hydrogens (tertiary/aromatic N) is 2. The van der Waals surface area contributed by atoms with E-state index in [9.17, 15) is 39.9 Å². The third-order valence-corrected chi connectivity index (χ3v) is 4.49. The number of hydrogen-bond acceptors (Lipinski definition) is 3. The number of anilines is 1. The van der Waals surface area contributed by atoms with Crippen LogP contribution in [0.25, 0.3) is 0 Å². The SMILES string of the molecule is O=C(Nc1cnn(Cc2c(F)cc(F)c(F)c2F)c1)c1cccc(COCC(F)(F)C(F)F)c1. The molecule has 0 bridgehead atoms. The van der Waals surface area contributed by atoms with Crippen LogP contribution < -0.4 is 5.32 Å². The van der Waals surface area contributed by atoms with Gasteiger partial charge in [-0.1, -0.05) is 12.1 Å². The smallest absolute Gasteiger partial charge is 0.330 e. The van der Waals surface area contributed by atoms with Crippen molar-refractivity contribution >= 4 is 11.6 Å². The van der Waals surface area contributed by atoms with E-state index in [0.717, 1.165) is 10.9 Å². The molecule has 0 saturated heterocycles. The second kappa shape index (κ2) is 10.2. The number of nitrogens with one attached hydrogen (secondary N) is 1. The van der Waals surface area contributed by atoms with E-state index in [1.54, 1.807) is 0 Å². The molecule has 1 amide bonds. The second-order valence-corrected chi connectivity index (χ2v) is 7.08. The van der Waals surface area contributed by atoms with Crippen LogP contribution in [0.3, 0.4) is 0 Å². The number of benzene rings is 2. The van der Waals surface area contributed by atoms with E-state index in [0.29, 0.717) is 0 Å². The number of ether oxygens (including phenoxy) is 1. The Morgan fingerprint density at radius 2 is 1.82 bits per heavy atom. The summed E-state index contributed by atoms with van der Waals surface area (Å²) in [6.45, 7) is -2.55. The quantitative estimate of drug-likeness (QED) is 0.255. The van der Waals surface area contributed by atoms with Gasteiger partial charge in [0.15, 0.2) is 17.5 Å². The van der Waals surface area contributed by atoms with Crippen molar-refractivity contribution in [3.05, 3.63) is 82.7 Å². The van der Waals surface area contributed by atoms with Gasteiger partial charge in [0, 0.05) is 23.4 Å². The number of rotatable bonds is 9. The van der Waals surface area contributed by atoms with Gasteiger partial charge in [0.05, 0.1) is 25.0 Å². The molecule has 0 unspecified atom stereocenters. The van der Waals surface area contributed by atoms with E-state index in [4.69, 9.17) is 0 Å². The van der Waals surface area contributed by atoms with Crippen molar-refractivity contribution in [3.63, 3.8) is 0 Å². The fraction of sp³-hybridized carbons (Fsp3) is 0.238. The molecule has 0 aliphatic carbocycles. The van der Waals surface area contributed by atoms with Crippen LogP contribution in [0.2, 0.25) is 0 Å². The molecule has 0 atom stereocenters. The van der Waals surface area contributed by atoms with E-state index in [1.165, 1.54) is 30.5 Å². The minimum atomic E-state index is -4.30. The lowest BCUT2D eigenvalue weighted by molar-refractivity contribution is -0.168. The Kier molecular flexibility index (Phi) is 7.54. The molecule has 1 aromatic heterocycles. The standard InChI is InChI=1S/C21H15F8N3O2/c22-15-5-16(23)18(25)17(24)14(15)8-32-7-13(6-30-32)31-19(33)12-3-1-2-11(4-12)9-34-10-21(28,29)20(26)27/h1-7,20H,8-10H2,(H,31,33). The first kappa shape index (κ1) is 25.1. The molecule has 34 heavy (non-hydrogen) atoms. The van der Waals surface area contributed by atoms with Crippen molar-refractivity contribution in [1.82, 2.24) is 9.78 Å². The number of aromatic nitrogens is 2. The molecule has 3 aromatic rings. The maximum absolute atomic E-state index is 13.8. The van der Waals surface area contributed by atoms with Crippen molar-refractivity contribution in [1.29, 1.82) is 0 Å². The van der Waals surface area contributed by atoms with Gasteiger partial charge in [0.25, 0.3) is 5.91 Å². The second-order valence-electron chi connectivity index (χ2n) is 7.08. The number of hydrogen-bond donors (Lipinski definition) is 1. The fourth-order valence-corrected chi connectivity index (χ4v) is 2.80. The molecule has 0 spiro atoms. The van der Waals surface area contributed by atoms with Crippen LogP contribution in [0.1, 0.15) is 21.5 Å². The summed E-state index contributed by atoms with van der Waals surface area (Å²) in [5, 5.41) is 6.22. The number of alkyl halides is 4. The first-order chi connectivity index (χ1) is 16.0. The van der Waals surface area contributed by atoms with Crippen molar-refractivity contribution in [2.24, 2.45) is 0 Å². The van der Waals surface area contributed by atoms with Crippen LogP contribution in [0.4, 0.5) is 40.8 Å². The molecule has 5 nitrogen and oxygen atoms in total. The Balaban J connectivity index is 1.63. The Labute approximate surface area is 186 Å². The lowest BCUT2D eigenvalue weighted by atomic mass is 10.1. The first-order valence-corrected chi connectivity index (χ1v) is 9.46. The van der Waals surface area contributed by atoms with Crippen LogP contribution in [-0.2, 0) is 17.9 Å². The Morgan fingerprint density at radius 3 is 2.53 bits per heavy atom. The van der Waals surface area contributed by atoms with Crippen LogP contribution in [-0.4, -0.2) is 34.6 Å². The van der Waals surface area contributed by atoms with Gasteiger partial charge in [-0.25, -0.2) is 26.3 Å². The molecule has 0 radical (unpaired) electrons. The Morgan fingerprint density at radius 1 is 1.09 bits per heavy atom. The highest BCUT2D eigenvalue weighted by atomic mass is 19.3. The van der Waals surface area contributed by atoms with E-state index in [2.05, 4.69) is 15.2 Å². The molecule has 2 aromatic carbocycles. The van der Waals surface area contributed by atoms with E-state index >= 15 is 0 Å². The van der Waals surface area contributed by atoms with Gasteiger partial charge in [-0.2, -0.15) is 13.9 Å². The summed E-state index contributed by atoms with van der Waals surface area (Å²) in [7, 11) is 0. The number of halogens is 8. The van der Waals surface area contributed by atoms with Crippen molar-refractivity contribution in [3.8, 4) is 0 Å². The van der Waals surface area contributed by atoms with Crippen molar-refractivity contribution < 1.29 is 44.7 Å². The third-order valence-electron chi connectivity index (χ3n) is 4.49. The maximum Gasteiger partial charge on any atom is 0.330 e. The van der Waals surface area contributed by atoms with E-state index < -0.39 is 66.8 Å². The van der Waals surface area contributed by atoms with Crippen molar-refractivity contribution in [2.75, 3.05) is 11.9 Å². The van der Waals surface area contributed by atoms with Gasteiger partial charge in [-0.3, -0.25) is 9.48 Å². The summed E-state index contributed by atoms with van der Waals surface area (Å²) in [6.07, 6.45) is -1.56. The largest absolute Gasteiger partial charge is 0.370 e. The molecular weight excluding hydrogens is 478 g/mol. The summed E-state index contributed by atoms with van der Waals surface area (Å²) in [4.78, 5) is 12.4. The van der Waals surface area contributed by atoms with Crippen LogP contribution in [0.15, 0.2) is 42.7 Å². The predicted octanol–water partition coefficient (Wildman–Crippen LogP) is 5.16. The lowest BCUT2D eigenvalue weighted by Gasteiger charge is -2.15. The summed E-state index contributed by atoms with van der Waals surface area (Å²) >= 11 is 0. The first-order valence-electron chi connectivity index (χ1n) is 9.46. The number of carbonyl (C=O) groups excluding carboxylic acids is 1. The normalized spacial score (nSPS) is 11.8. The number of amides is 1. The molecular formula is C21H15F8N3O2. The average Bonchev–Trinajstić information content (AvgIpc) is 3.22. The Hall–Kier alpha value is -3.48. The van der Waals surface area contributed by atoms with E-state index in [-0.39, 0.29) is 22.9 Å². The third kappa shape index (κ3) is 5.90. The zero-order valence-corrected chi connectivity index (χ0v) is 17.0. The van der Waals surface area contributed by atoms with Gasteiger partial charge in [-0.15, -0.1) is 0 Å². The van der Waals surface area contributed by atoms with Gasteiger partial charge < -0.3 is 10.1 Å².